The summed E-state index contributed by atoms with van der Waals surface area (Å²) in [4.78, 5) is 3.27. The standard InChI is InChI=1S/C26H22F9N5O2/c1-13(16-10-38-40(19-6-4-15(28)9-18(19)29)21(16)39-22(36)25(30,31)32)37-12-24(26(33,34)35)11-23(2,42-24)17-8-14(27)5-7-20(17)41-3/h4-10,37H,1,11-12H2,2-3H3,(H2,36,39). The summed E-state index contributed by atoms with van der Waals surface area (Å²) in [7, 11) is 1.25. The first-order valence-corrected chi connectivity index (χ1v) is 11.9. The number of aromatic nitrogens is 2. The van der Waals surface area contributed by atoms with Crippen molar-refractivity contribution in [1.82, 2.24) is 15.1 Å². The molecule has 0 spiro atoms. The second-order valence-corrected chi connectivity index (χ2v) is 9.56. The van der Waals surface area contributed by atoms with Crippen molar-refractivity contribution in [2.45, 2.75) is 36.9 Å². The summed E-state index contributed by atoms with van der Waals surface area (Å²) in [6.07, 6.45) is -9.94. The number of methoxy groups -OCH3 is 1. The van der Waals surface area contributed by atoms with Gasteiger partial charge in [-0.25, -0.2) is 22.8 Å². The summed E-state index contributed by atoms with van der Waals surface area (Å²) in [5.41, 5.74) is -0.686. The summed E-state index contributed by atoms with van der Waals surface area (Å²) in [6, 6.07) is 5.40. The number of nitrogens with zero attached hydrogens (tertiary/aromatic N) is 3. The zero-order valence-corrected chi connectivity index (χ0v) is 21.8. The molecule has 2 heterocycles. The highest BCUT2D eigenvalue weighted by Crippen LogP contribution is 2.57. The molecule has 226 valence electrons. The molecule has 0 amide bonds. The quantitative estimate of drug-likeness (QED) is 0.185. The van der Waals surface area contributed by atoms with Gasteiger partial charge in [0.25, 0.3) is 0 Å². The van der Waals surface area contributed by atoms with E-state index in [2.05, 4.69) is 22.0 Å². The van der Waals surface area contributed by atoms with Crippen molar-refractivity contribution in [1.29, 1.82) is 0 Å². The van der Waals surface area contributed by atoms with Crippen molar-refractivity contribution in [2.24, 2.45) is 10.7 Å². The zero-order valence-electron chi connectivity index (χ0n) is 21.8. The van der Waals surface area contributed by atoms with E-state index >= 15 is 0 Å². The number of benzene rings is 2. The summed E-state index contributed by atoms with van der Waals surface area (Å²) in [5.74, 6) is -5.48. The molecule has 1 aliphatic rings. The van der Waals surface area contributed by atoms with Crippen molar-refractivity contribution >= 4 is 17.4 Å². The number of aliphatic imine (C=N–C) groups is 1. The average Bonchev–Trinajstić information content (AvgIpc) is 3.27. The minimum atomic E-state index is -5.13. The van der Waals surface area contributed by atoms with Crippen LogP contribution in [-0.2, 0) is 10.3 Å². The molecule has 4 rings (SSSR count). The van der Waals surface area contributed by atoms with Crippen LogP contribution < -0.4 is 15.8 Å². The number of nitrogens with one attached hydrogen (secondary N) is 1. The lowest BCUT2D eigenvalue weighted by atomic mass is 9.75. The van der Waals surface area contributed by atoms with Gasteiger partial charge in [0.2, 0.25) is 5.84 Å². The fourth-order valence-electron chi connectivity index (χ4n) is 4.58. The molecular formula is C26H22F9N5O2. The van der Waals surface area contributed by atoms with Crippen molar-refractivity contribution in [3.8, 4) is 11.4 Å². The topological polar surface area (TPSA) is 86.7 Å². The molecule has 0 aliphatic carbocycles. The molecule has 2 atom stereocenters. The van der Waals surface area contributed by atoms with Crippen LogP contribution in [0.4, 0.5) is 45.3 Å². The number of hydrogen-bond acceptors (Lipinski definition) is 5. The molecule has 3 aromatic rings. The van der Waals surface area contributed by atoms with Crippen molar-refractivity contribution in [3.05, 3.63) is 77.8 Å². The second kappa shape index (κ2) is 10.6. The van der Waals surface area contributed by atoms with Gasteiger partial charge < -0.3 is 20.5 Å². The summed E-state index contributed by atoms with van der Waals surface area (Å²) in [5, 5.41) is 6.15. The van der Waals surface area contributed by atoms with Gasteiger partial charge in [-0.2, -0.15) is 31.4 Å². The maximum Gasteiger partial charge on any atom is 0.449 e. The van der Waals surface area contributed by atoms with Crippen molar-refractivity contribution in [3.63, 3.8) is 0 Å². The van der Waals surface area contributed by atoms with Crippen LogP contribution >= 0.6 is 0 Å². The normalized spacial score (nSPS) is 21.2. The Morgan fingerprint density at radius 1 is 1.12 bits per heavy atom. The summed E-state index contributed by atoms with van der Waals surface area (Å²) >= 11 is 0. The fraction of sp³-hybridized carbons (Fsp3) is 0.308. The van der Waals surface area contributed by atoms with Crippen LogP contribution in [0, 0.1) is 17.5 Å². The number of alkyl halides is 6. The van der Waals surface area contributed by atoms with E-state index in [0.717, 1.165) is 30.5 Å². The Morgan fingerprint density at radius 3 is 2.31 bits per heavy atom. The predicted octanol–water partition coefficient (Wildman–Crippen LogP) is 6.05. The van der Waals surface area contributed by atoms with Crippen LogP contribution in [0.15, 0.2) is 54.2 Å². The lowest BCUT2D eigenvalue weighted by molar-refractivity contribution is -0.382. The van der Waals surface area contributed by atoms with Crippen LogP contribution in [0.25, 0.3) is 11.4 Å². The molecule has 3 N–H and O–H groups in total. The molecule has 1 fully saturated rings. The zero-order chi connectivity index (χ0) is 31.3. The number of nitrogens with two attached hydrogens (primary N) is 1. The molecule has 0 bridgehead atoms. The largest absolute Gasteiger partial charge is 0.496 e. The average molecular weight is 607 g/mol. The van der Waals surface area contributed by atoms with Gasteiger partial charge >= 0.3 is 12.4 Å². The molecule has 2 aromatic carbocycles. The lowest BCUT2D eigenvalue weighted by Crippen LogP contribution is -2.68. The number of hydrogen-bond donors (Lipinski definition) is 2. The third-order valence-corrected chi connectivity index (χ3v) is 6.60. The van der Waals surface area contributed by atoms with E-state index in [4.69, 9.17) is 15.2 Å². The van der Waals surface area contributed by atoms with Crippen LogP contribution in [0.2, 0.25) is 0 Å². The Morgan fingerprint density at radius 2 is 1.74 bits per heavy atom. The minimum Gasteiger partial charge on any atom is -0.496 e. The molecule has 42 heavy (non-hydrogen) atoms. The van der Waals surface area contributed by atoms with E-state index in [1.165, 1.54) is 20.1 Å². The number of amidine groups is 1. The Balaban J connectivity index is 1.66. The predicted molar refractivity (Wildman–Crippen MR) is 133 cm³/mol. The van der Waals surface area contributed by atoms with Gasteiger partial charge in [0.15, 0.2) is 17.2 Å². The molecule has 2 unspecified atom stereocenters. The van der Waals surface area contributed by atoms with Crippen molar-refractivity contribution < 1.29 is 49.0 Å². The number of halogens is 9. The second-order valence-electron chi connectivity index (χ2n) is 9.56. The van der Waals surface area contributed by atoms with E-state index in [-0.39, 0.29) is 16.9 Å². The molecule has 0 saturated carbocycles. The SMILES string of the molecule is C=C(NCC1(C(F)(F)F)CC(C)(c2cc(F)ccc2OC)O1)c1cnn(-c2ccc(F)cc2F)c1/N=C(\N)C(F)(F)F. The highest BCUT2D eigenvalue weighted by molar-refractivity contribution is 5.89. The maximum atomic E-state index is 14.5. The van der Waals surface area contributed by atoms with Gasteiger partial charge in [0.05, 0.1) is 31.0 Å². The lowest BCUT2D eigenvalue weighted by Gasteiger charge is -2.55. The van der Waals surface area contributed by atoms with Gasteiger partial charge in [0.1, 0.15) is 23.1 Å². The highest BCUT2D eigenvalue weighted by Gasteiger charge is 2.68. The first-order valence-electron chi connectivity index (χ1n) is 11.9. The first-order chi connectivity index (χ1) is 19.4. The molecule has 1 aromatic heterocycles. The molecule has 1 aliphatic heterocycles. The van der Waals surface area contributed by atoms with Crippen molar-refractivity contribution in [2.75, 3.05) is 13.7 Å². The molecule has 1 saturated heterocycles. The summed E-state index contributed by atoms with van der Waals surface area (Å²) < 4.78 is 135. The van der Waals surface area contributed by atoms with Crippen LogP contribution in [-0.4, -0.2) is 47.2 Å². The first kappa shape index (κ1) is 30.7. The van der Waals surface area contributed by atoms with E-state index in [9.17, 15) is 39.5 Å². The van der Waals surface area contributed by atoms with E-state index in [1.807, 2.05) is 0 Å². The smallest absolute Gasteiger partial charge is 0.449 e. The molecule has 7 nitrogen and oxygen atoms in total. The Kier molecular flexibility index (Phi) is 7.73. The summed E-state index contributed by atoms with van der Waals surface area (Å²) in [6.45, 7) is 3.90. The van der Waals surface area contributed by atoms with E-state index < -0.39 is 77.0 Å². The van der Waals surface area contributed by atoms with Crippen LogP contribution in [0.5, 0.6) is 5.75 Å². The van der Waals surface area contributed by atoms with Crippen LogP contribution in [0.1, 0.15) is 24.5 Å². The van der Waals surface area contributed by atoms with Crippen LogP contribution in [0.3, 0.4) is 0 Å². The number of rotatable bonds is 8. The molecule has 0 radical (unpaired) electrons. The third kappa shape index (κ3) is 5.62. The van der Waals surface area contributed by atoms with Gasteiger partial charge in [-0.05, 0) is 37.3 Å². The number of ether oxygens (including phenoxy) is 2. The Hall–Kier alpha value is -4.21. The minimum absolute atomic E-state index is 0.0329. The molecule has 16 heteroatoms. The van der Waals surface area contributed by atoms with Gasteiger partial charge in [0, 0.05) is 23.7 Å². The van der Waals surface area contributed by atoms with E-state index in [0.29, 0.717) is 10.7 Å². The highest BCUT2D eigenvalue weighted by atomic mass is 19.4. The molecular weight excluding hydrogens is 585 g/mol. The Labute approximate surface area is 232 Å². The third-order valence-electron chi connectivity index (χ3n) is 6.60. The van der Waals surface area contributed by atoms with E-state index in [1.54, 1.807) is 0 Å². The Bertz CT molecular complexity index is 1540. The van der Waals surface area contributed by atoms with Gasteiger partial charge in [-0.1, -0.05) is 6.58 Å². The fourth-order valence-corrected chi connectivity index (χ4v) is 4.58. The maximum absolute atomic E-state index is 14.5. The monoisotopic (exact) mass is 607 g/mol. The van der Waals surface area contributed by atoms with Gasteiger partial charge in [-0.3, -0.25) is 0 Å². The van der Waals surface area contributed by atoms with Gasteiger partial charge in [-0.15, -0.1) is 0 Å².